The quantitative estimate of drug-likeness (QED) is 0.713. The monoisotopic (exact) mass is 222 g/mol. The first-order valence-corrected chi connectivity index (χ1v) is 6.68. The molecule has 0 bridgehead atoms. The Hall–Kier alpha value is -0.630. The molecule has 1 fully saturated rings. The summed E-state index contributed by atoms with van der Waals surface area (Å²) < 4.78 is 0. The second kappa shape index (κ2) is 4.48. The molecule has 0 N–H and O–H groups in total. The third-order valence-corrected chi connectivity index (χ3v) is 4.59. The van der Waals surface area contributed by atoms with E-state index in [1.165, 1.54) is 31.1 Å². The van der Waals surface area contributed by atoms with Gasteiger partial charge in [0.25, 0.3) is 0 Å². The standard InChI is InChI=1S/C13H18OS/c1-11-4-2-3-6-13(11,10-14)8-12-5-7-15-9-12/h5,7,9-11H,2-4,6,8H2,1H3. The van der Waals surface area contributed by atoms with Crippen LogP contribution in [0.2, 0.25) is 0 Å². The molecule has 1 saturated carbocycles. The summed E-state index contributed by atoms with van der Waals surface area (Å²) in [6.07, 6.45) is 6.97. The van der Waals surface area contributed by atoms with Gasteiger partial charge in [0.1, 0.15) is 6.29 Å². The van der Waals surface area contributed by atoms with Crippen LogP contribution in [0.15, 0.2) is 16.8 Å². The van der Waals surface area contributed by atoms with Gasteiger partial charge in [0.2, 0.25) is 0 Å². The van der Waals surface area contributed by atoms with Gasteiger partial charge in [0, 0.05) is 5.41 Å². The predicted molar refractivity (Wildman–Crippen MR) is 64.2 cm³/mol. The minimum absolute atomic E-state index is 0.0701. The zero-order valence-corrected chi connectivity index (χ0v) is 10.1. The van der Waals surface area contributed by atoms with Gasteiger partial charge in [-0.25, -0.2) is 0 Å². The first-order chi connectivity index (χ1) is 7.27. The van der Waals surface area contributed by atoms with Gasteiger partial charge in [-0.2, -0.15) is 11.3 Å². The van der Waals surface area contributed by atoms with E-state index in [-0.39, 0.29) is 5.41 Å². The highest BCUT2D eigenvalue weighted by molar-refractivity contribution is 7.07. The smallest absolute Gasteiger partial charge is 0.126 e. The number of aldehydes is 1. The van der Waals surface area contributed by atoms with Gasteiger partial charge in [-0.1, -0.05) is 19.8 Å². The van der Waals surface area contributed by atoms with Crippen molar-refractivity contribution in [2.75, 3.05) is 0 Å². The minimum Gasteiger partial charge on any atom is -0.303 e. The van der Waals surface area contributed by atoms with Crippen LogP contribution < -0.4 is 0 Å². The Bertz CT molecular complexity index is 317. The summed E-state index contributed by atoms with van der Waals surface area (Å²) in [6, 6.07) is 2.15. The van der Waals surface area contributed by atoms with Crippen molar-refractivity contribution >= 4 is 17.6 Å². The van der Waals surface area contributed by atoms with Gasteiger partial charge in [-0.05, 0) is 47.6 Å². The maximum absolute atomic E-state index is 11.4. The van der Waals surface area contributed by atoms with E-state index >= 15 is 0 Å². The molecule has 0 spiro atoms. The lowest BCUT2D eigenvalue weighted by Crippen LogP contribution is -2.35. The number of carbonyl (C=O) groups is 1. The topological polar surface area (TPSA) is 17.1 Å². The summed E-state index contributed by atoms with van der Waals surface area (Å²) >= 11 is 1.72. The zero-order valence-electron chi connectivity index (χ0n) is 9.24. The van der Waals surface area contributed by atoms with E-state index in [0.717, 1.165) is 12.8 Å². The molecule has 0 aliphatic heterocycles. The largest absolute Gasteiger partial charge is 0.303 e. The highest BCUT2D eigenvalue weighted by atomic mass is 32.1. The van der Waals surface area contributed by atoms with Crippen LogP contribution in [0, 0.1) is 11.3 Å². The number of hydrogen-bond acceptors (Lipinski definition) is 2. The maximum atomic E-state index is 11.4. The molecule has 1 heterocycles. The first kappa shape index (κ1) is 10.9. The van der Waals surface area contributed by atoms with Gasteiger partial charge in [0.05, 0.1) is 0 Å². The van der Waals surface area contributed by atoms with Crippen LogP contribution in [0.3, 0.4) is 0 Å². The highest BCUT2D eigenvalue weighted by Gasteiger charge is 2.37. The Morgan fingerprint density at radius 1 is 1.60 bits per heavy atom. The Labute approximate surface area is 95.5 Å². The molecule has 15 heavy (non-hydrogen) atoms. The van der Waals surface area contributed by atoms with Gasteiger partial charge in [-0.3, -0.25) is 0 Å². The van der Waals surface area contributed by atoms with Crippen LogP contribution >= 0.6 is 11.3 Å². The summed E-state index contributed by atoms with van der Waals surface area (Å²) in [5.41, 5.74) is 1.26. The fourth-order valence-electron chi connectivity index (χ4n) is 2.69. The lowest BCUT2D eigenvalue weighted by atomic mass is 9.65. The Kier molecular flexibility index (Phi) is 3.25. The molecule has 1 aliphatic carbocycles. The molecule has 2 heteroatoms. The maximum Gasteiger partial charge on any atom is 0.126 e. The number of carbonyl (C=O) groups excluding carboxylic acids is 1. The second-order valence-corrected chi connectivity index (χ2v) is 5.59. The number of rotatable bonds is 3. The van der Waals surface area contributed by atoms with Gasteiger partial charge in [0.15, 0.2) is 0 Å². The van der Waals surface area contributed by atoms with Crippen LogP contribution in [0.1, 0.15) is 38.2 Å². The van der Waals surface area contributed by atoms with Crippen molar-refractivity contribution in [2.45, 2.75) is 39.0 Å². The van der Waals surface area contributed by atoms with E-state index in [1.54, 1.807) is 11.3 Å². The molecule has 0 saturated heterocycles. The molecule has 1 nitrogen and oxygen atoms in total. The van der Waals surface area contributed by atoms with Crippen LogP contribution in [0.4, 0.5) is 0 Å². The Morgan fingerprint density at radius 2 is 2.47 bits per heavy atom. The van der Waals surface area contributed by atoms with Crippen molar-refractivity contribution in [2.24, 2.45) is 11.3 Å². The van der Waals surface area contributed by atoms with Crippen LogP contribution in [-0.4, -0.2) is 6.29 Å². The molecular weight excluding hydrogens is 204 g/mol. The van der Waals surface area contributed by atoms with Gasteiger partial charge >= 0.3 is 0 Å². The van der Waals surface area contributed by atoms with E-state index in [2.05, 4.69) is 23.8 Å². The highest BCUT2D eigenvalue weighted by Crippen LogP contribution is 2.42. The molecule has 0 radical (unpaired) electrons. The van der Waals surface area contributed by atoms with Gasteiger partial charge in [-0.15, -0.1) is 0 Å². The summed E-state index contributed by atoms with van der Waals surface area (Å²) in [4.78, 5) is 11.4. The number of hydrogen-bond donors (Lipinski definition) is 0. The normalized spacial score (nSPS) is 31.4. The first-order valence-electron chi connectivity index (χ1n) is 5.74. The summed E-state index contributed by atoms with van der Waals surface area (Å²) in [5.74, 6) is 0.545. The lowest BCUT2D eigenvalue weighted by Gasteiger charge is -2.38. The zero-order chi connectivity index (χ0) is 10.7. The average molecular weight is 222 g/mol. The Balaban J connectivity index is 2.16. The molecule has 2 rings (SSSR count). The Morgan fingerprint density at radius 3 is 3.07 bits per heavy atom. The van der Waals surface area contributed by atoms with Crippen LogP contribution in [-0.2, 0) is 11.2 Å². The van der Waals surface area contributed by atoms with Crippen LogP contribution in [0.5, 0.6) is 0 Å². The van der Waals surface area contributed by atoms with Crippen molar-refractivity contribution in [1.29, 1.82) is 0 Å². The predicted octanol–water partition coefficient (Wildman–Crippen LogP) is 3.69. The van der Waals surface area contributed by atoms with Crippen molar-refractivity contribution in [3.63, 3.8) is 0 Å². The fourth-order valence-corrected chi connectivity index (χ4v) is 3.36. The van der Waals surface area contributed by atoms with Crippen molar-refractivity contribution in [3.05, 3.63) is 22.4 Å². The molecule has 1 aromatic heterocycles. The molecule has 1 aromatic rings. The van der Waals surface area contributed by atoms with Crippen LogP contribution in [0.25, 0.3) is 0 Å². The van der Waals surface area contributed by atoms with E-state index < -0.39 is 0 Å². The number of thiophene rings is 1. The van der Waals surface area contributed by atoms with E-state index in [4.69, 9.17) is 0 Å². The molecule has 0 amide bonds. The van der Waals surface area contributed by atoms with E-state index in [9.17, 15) is 4.79 Å². The molecule has 2 atom stereocenters. The van der Waals surface area contributed by atoms with Crippen molar-refractivity contribution in [1.82, 2.24) is 0 Å². The van der Waals surface area contributed by atoms with Gasteiger partial charge < -0.3 is 4.79 Å². The summed E-state index contributed by atoms with van der Waals surface area (Å²) in [7, 11) is 0. The summed E-state index contributed by atoms with van der Waals surface area (Å²) in [5, 5.41) is 4.27. The lowest BCUT2D eigenvalue weighted by molar-refractivity contribution is -0.120. The van der Waals surface area contributed by atoms with E-state index in [1.807, 2.05) is 0 Å². The van der Waals surface area contributed by atoms with Crippen molar-refractivity contribution in [3.8, 4) is 0 Å². The average Bonchev–Trinajstić information content (AvgIpc) is 2.74. The SMILES string of the molecule is CC1CCCCC1(C=O)Cc1ccsc1. The van der Waals surface area contributed by atoms with E-state index in [0.29, 0.717) is 5.92 Å². The molecule has 0 aromatic carbocycles. The third kappa shape index (κ3) is 2.15. The van der Waals surface area contributed by atoms with Crippen molar-refractivity contribution < 1.29 is 4.79 Å². The molecule has 1 aliphatic rings. The molecule has 2 unspecified atom stereocenters. The minimum atomic E-state index is -0.0701. The summed E-state index contributed by atoms with van der Waals surface area (Å²) in [6.45, 7) is 2.24. The molecular formula is C13H18OS. The third-order valence-electron chi connectivity index (χ3n) is 3.86. The molecule has 82 valence electrons. The fraction of sp³-hybridized carbons (Fsp3) is 0.615. The second-order valence-electron chi connectivity index (χ2n) is 4.81.